The minimum Gasteiger partial charge on any atom is -0.410 e. The summed E-state index contributed by atoms with van der Waals surface area (Å²) in [6.07, 6.45) is 5.97. The van der Waals surface area contributed by atoms with Crippen LogP contribution < -0.4 is 0 Å². The van der Waals surface area contributed by atoms with Gasteiger partial charge >= 0.3 is 0 Å². The van der Waals surface area contributed by atoms with Crippen LogP contribution in [0.15, 0.2) is 22.6 Å². The van der Waals surface area contributed by atoms with E-state index in [0.717, 1.165) is 23.5 Å². The Morgan fingerprint density at radius 2 is 2.00 bits per heavy atom. The zero-order chi connectivity index (χ0) is 19.3. The average molecular weight is 382 g/mol. The Hall–Kier alpha value is -0.753. The van der Waals surface area contributed by atoms with Gasteiger partial charge < -0.3 is 9.53 Å². The van der Waals surface area contributed by atoms with Crippen molar-refractivity contribution < 1.29 is 9.53 Å². The molecule has 0 aliphatic rings. The van der Waals surface area contributed by atoms with Gasteiger partial charge in [-0.15, -0.1) is 11.3 Å². The van der Waals surface area contributed by atoms with Crippen molar-refractivity contribution in [1.82, 2.24) is 4.98 Å². The molecule has 0 spiro atoms. The van der Waals surface area contributed by atoms with Crippen molar-refractivity contribution in [2.45, 2.75) is 78.6 Å². The molecular weight excluding hydrogens is 346 g/mol. The Morgan fingerprint density at radius 1 is 1.36 bits per heavy atom. The van der Waals surface area contributed by atoms with Crippen molar-refractivity contribution in [1.29, 1.82) is 0 Å². The zero-order valence-electron chi connectivity index (χ0n) is 17.1. The van der Waals surface area contributed by atoms with Gasteiger partial charge in [-0.3, -0.25) is 0 Å². The van der Waals surface area contributed by atoms with Crippen molar-refractivity contribution in [3.05, 3.63) is 33.3 Å². The quantitative estimate of drug-likeness (QED) is 0.446. The lowest BCUT2D eigenvalue weighted by atomic mass is 10.1. The lowest BCUT2D eigenvalue weighted by Gasteiger charge is -2.39. The van der Waals surface area contributed by atoms with Crippen LogP contribution in [0.2, 0.25) is 18.1 Å². The molecule has 1 heterocycles. The predicted octanol–water partition coefficient (Wildman–Crippen LogP) is 5.96. The Bertz CT molecular complexity index is 611. The van der Waals surface area contributed by atoms with E-state index < -0.39 is 8.32 Å². The molecule has 0 radical (unpaired) electrons. The second-order valence-electron chi connectivity index (χ2n) is 8.31. The van der Waals surface area contributed by atoms with Gasteiger partial charge in [0.15, 0.2) is 8.32 Å². The molecule has 0 unspecified atom stereocenters. The van der Waals surface area contributed by atoms with Crippen molar-refractivity contribution >= 4 is 25.7 Å². The number of thiazole rings is 1. The number of hydrogen-bond donors (Lipinski definition) is 1. The molecule has 1 aromatic rings. The third kappa shape index (κ3) is 7.17. The van der Waals surface area contributed by atoms with Crippen LogP contribution in [0.1, 0.15) is 58.2 Å². The van der Waals surface area contributed by atoms with Crippen LogP contribution in [0.3, 0.4) is 0 Å². The number of rotatable bonds is 8. The highest BCUT2D eigenvalue weighted by atomic mass is 32.1. The van der Waals surface area contributed by atoms with Gasteiger partial charge in [-0.25, -0.2) is 4.98 Å². The van der Waals surface area contributed by atoms with Gasteiger partial charge in [0.25, 0.3) is 0 Å². The van der Waals surface area contributed by atoms with Crippen molar-refractivity contribution in [3.8, 4) is 0 Å². The van der Waals surface area contributed by atoms with Crippen LogP contribution in [-0.4, -0.2) is 31.1 Å². The SMILES string of the molecule is C/C(=C/C[C@H](O[Si](C)(C)C(C)(C)C)/C(C)=C/c1csc(C)n1)CCO. The maximum absolute atomic E-state index is 9.12. The molecule has 0 aromatic carbocycles. The second kappa shape index (κ2) is 9.26. The maximum atomic E-state index is 9.12. The highest BCUT2D eigenvalue weighted by Crippen LogP contribution is 2.38. The molecule has 0 aliphatic carbocycles. The van der Waals surface area contributed by atoms with E-state index in [1.165, 1.54) is 11.1 Å². The smallest absolute Gasteiger partial charge is 0.192 e. The summed E-state index contributed by atoms with van der Waals surface area (Å²) in [4.78, 5) is 4.55. The van der Waals surface area contributed by atoms with Crippen LogP contribution in [0.4, 0.5) is 0 Å². The second-order valence-corrected chi connectivity index (χ2v) is 14.1. The number of nitrogens with zero attached hydrogens (tertiary/aromatic N) is 1. The molecule has 0 bridgehead atoms. The molecule has 1 rings (SSSR count). The number of aliphatic hydroxyl groups excluding tert-OH is 1. The molecule has 142 valence electrons. The monoisotopic (exact) mass is 381 g/mol. The molecular formula is C20H35NO2SSi. The standard InChI is InChI=1S/C20H35NO2SSi/c1-15(11-12-22)9-10-19(23-25(7,8)20(4,5)6)16(2)13-18-14-24-17(3)21-18/h9,13-14,19,22H,10-12H2,1-8H3/b15-9-,16-13+/t19-/m0/s1. The summed E-state index contributed by atoms with van der Waals surface area (Å²) in [6, 6.07) is 0. The third-order valence-corrected chi connectivity index (χ3v) is 10.2. The molecule has 0 aliphatic heterocycles. The summed E-state index contributed by atoms with van der Waals surface area (Å²) >= 11 is 1.67. The fraction of sp³-hybridized carbons (Fsp3) is 0.650. The van der Waals surface area contributed by atoms with Crippen molar-refractivity contribution in [3.63, 3.8) is 0 Å². The summed E-state index contributed by atoms with van der Waals surface area (Å²) < 4.78 is 6.71. The fourth-order valence-corrected chi connectivity index (χ4v) is 4.14. The minimum absolute atomic E-state index is 0.0524. The van der Waals surface area contributed by atoms with Crippen molar-refractivity contribution in [2.75, 3.05) is 6.61 Å². The largest absolute Gasteiger partial charge is 0.410 e. The van der Waals surface area contributed by atoms with Gasteiger partial charge in [0, 0.05) is 12.0 Å². The number of aryl methyl sites for hydroxylation is 1. The van der Waals surface area contributed by atoms with E-state index in [1.807, 2.05) is 6.92 Å². The summed E-state index contributed by atoms with van der Waals surface area (Å²) in [6.45, 7) is 17.8. The van der Waals surface area contributed by atoms with E-state index in [9.17, 15) is 0 Å². The van der Waals surface area contributed by atoms with Crippen LogP contribution in [0, 0.1) is 6.92 Å². The highest BCUT2D eigenvalue weighted by Gasteiger charge is 2.39. The average Bonchev–Trinajstić information content (AvgIpc) is 2.87. The lowest BCUT2D eigenvalue weighted by Crippen LogP contribution is -2.44. The van der Waals surface area contributed by atoms with Crippen LogP contribution in [-0.2, 0) is 4.43 Å². The summed E-state index contributed by atoms with van der Waals surface area (Å²) in [5.41, 5.74) is 3.44. The number of aliphatic hydroxyl groups is 1. The van der Waals surface area contributed by atoms with Crippen LogP contribution in [0.5, 0.6) is 0 Å². The first kappa shape index (κ1) is 22.3. The molecule has 0 saturated heterocycles. The highest BCUT2D eigenvalue weighted by molar-refractivity contribution is 7.09. The first-order valence-electron chi connectivity index (χ1n) is 9.01. The minimum atomic E-state index is -1.87. The predicted molar refractivity (Wildman–Crippen MR) is 113 cm³/mol. The van der Waals surface area contributed by atoms with Gasteiger partial charge in [-0.2, -0.15) is 0 Å². The Labute approximate surface area is 159 Å². The molecule has 5 heteroatoms. The molecule has 1 aromatic heterocycles. The molecule has 0 amide bonds. The van der Waals surface area contributed by atoms with E-state index >= 15 is 0 Å². The molecule has 1 atom stereocenters. The van der Waals surface area contributed by atoms with Gasteiger partial charge in [0.1, 0.15) is 0 Å². The van der Waals surface area contributed by atoms with Gasteiger partial charge in [0.2, 0.25) is 0 Å². The van der Waals surface area contributed by atoms with Crippen LogP contribution >= 0.6 is 11.3 Å². The zero-order valence-corrected chi connectivity index (χ0v) is 19.0. The molecule has 0 fully saturated rings. The molecule has 0 saturated carbocycles. The first-order valence-corrected chi connectivity index (χ1v) is 12.8. The number of hydrogen-bond acceptors (Lipinski definition) is 4. The topological polar surface area (TPSA) is 42.4 Å². The third-order valence-electron chi connectivity index (χ3n) is 4.95. The fourth-order valence-electron chi connectivity index (χ4n) is 2.22. The summed E-state index contributed by atoms with van der Waals surface area (Å²) in [5.74, 6) is 0. The molecule has 3 nitrogen and oxygen atoms in total. The van der Waals surface area contributed by atoms with Gasteiger partial charge in [0.05, 0.1) is 16.8 Å². The first-order chi connectivity index (χ1) is 11.5. The van der Waals surface area contributed by atoms with E-state index in [0.29, 0.717) is 0 Å². The van der Waals surface area contributed by atoms with E-state index in [-0.39, 0.29) is 17.7 Å². The number of aromatic nitrogens is 1. The van der Waals surface area contributed by atoms with Gasteiger partial charge in [-0.1, -0.05) is 32.4 Å². The van der Waals surface area contributed by atoms with Crippen molar-refractivity contribution in [2.24, 2.45) is 0 Å². The lowest BCUT2D eigenvalue weighted by molar-refractivity contribution is 0.217. The molecule has 1 N–H and O–H groups in total. The Balaban J connectivity index is 3.05. The summed E-state index contributed by atoms with van der Waals surface area (Å²) in [5, 5.41) is 12.5. The normalized spacial score (nSPS) is 15.6. The van der Waals surface area contributed by atoms with E-state index in [2.05, 4.69) is 70.2 Å². The summed E-state index contributed by atoms with van der Waals surface area (Å²) in [7, 11) is -1.87. The van der Waals surface area contributed by atoms with E-state index in [1.54, 1.807) is 11.3 Å². The Kier molecular flexibility index (Phi) is 8.26. The Morgan fingerprint density at radius 3 is 2.48 bits per heavy atom. The van der Waals surface area contributed by atoms with Gasteiger partial charge in [-0.05, 0) is 63.4 Å². The van der Waals surface area contributed by atoms with E-state index in [4.69, 9.17) is 9.53 Å². The van der Waals surface area contributed by atoms with Crippen LogP contribution in [0.25, 0.3) is 6.08 Å². The maximum Gasteiger partial charge on any atom is 0.192 e. The molecule has 25 heavy (non-hydrogen) atoms.